The molecule has 0 rings (SSSR count). The van der Waals surface area contributed by atoms with Crippen LogP contribution in [0.2, 0.25) is 0 Å². The van der Waals surface area contributed by atoms with Crippen LogP contribution >= 0.6 is 0 Å². The molecule has 1 N–H and O–H groups in total. The van der Waals surface area contributed by atoms with Crippen LogP contribution in [0.25, 0.3) is 0 Å². The van der Waals surface area contributed by atoms with Gasteiger partial charge >= 0.3 is 0 Å². The Kier molecular flexibility index (Phi) is 20.4. The first kappa shape index (κ1) is 8.84. The summed E-state index contributed by atoms with van der Waals surface area (Å²) in [6, 6.07) is 0. The van der Waals surface area contributed by atoms with Gasteiger partial charge in [-0.25, -0.2) is 0 Å². The molecule has 0 atom stereocenters. The molecule has 0 unspecified atom stereocenters. The van der Waals surface area contributed by atoms with Crippen molar-refractivity contribution in [3.8, 4) is 0 Å². The SMILES string of the molecule is CCO.[Sb]. The second-order valence-electron chi connectivity index (χ2n) is 0.316. The molecule has 0 aliphatic carbocycles. The van der Waals surface area contributed by atoms with E-state index in [4.69, 9.17) is 5.11 Å². The molecule has 0 saturated heterocycles. The molecular formula is C2H6OSb. The predicted molar refractivity (Wildman–Crippen MR) is 18.5 cm³/mol. The van der Waals surface area contributed by atoms with Gasteiger partial charge in [0.05, 0.1) is 0 Å². The first-order valence-electron chi connectivity index (χ1n) is 1.02. The Morgan fingerprint density at radius 3 is 1.75 bits per heavy atom. The third kappa shape index (κ3) is 14.5. The third-order valence-corrected chi connectivity index (χ3v) is 0. The summed E-state index contributed by atoms with van der Waals surface area (Å²) in [5, 5.41) is 7.57. The van der Waals surface area contributed by atoms with Crippen LogP contribution in [0.15, 0.2) is 0 Å². The van der Waals surface area contributed by atoms with Crippen LogP contribution in [-0.2, 0) is 0 Å². The van der Waals surface area contributed by atoms with E-state index < -0.39 is 0 Å². The summed E-state index contributed by atoms with van der Waals surface area (Å²) in [6.45, 7) is 1.93. The van der Waals surface area contributed by atoms with Crippen molar-refractivity contribution in [2.24, 2.45) is 0 Å². The number of aliphatic hydroxyl groups excluding tert-OH is 1. The smallest absolute Gasteiger partial charge is 0.0402 e. The Bertz CT molecular complexity index is 6.00. The maximum absolute atomic E-state index is 7.57. The van der Waals surface area contributed by atoms with Gasteiger partial charge in [-0.15, -0.1) is 0 Å². The van der Waals surface area contributed by atoms with E-state index in [-0.39, 0.29) is 31.0 Å². The van der Waals surface area contributed by atoms with Gasteiger partial charge in [-0.3, -0.25) is 0 Å². The normalized spacial score (nSPS) is 4.50. The molecule has 0 spiro atoms. The monoisotopic (exact) mass is 167 g/mol. The van der Waals surface area contributed by atoms with E-state index in [0.717, 1.165) is 0 Å². The average molecular weight is 168 g/mol. The Morgan fingerprint density at radius 1 is 1.75 bits per heavy atom. The van der Waals surface area contributed by atoms with Crippen LogP contribution in [-0.4, -0.2) is 36.1 Å². The van der Waals surface area contributed by atoms with Crippen LogP contribution < -0.4 is 0 Å². The topological polar surface area (TPSA) is 20.2 Å². The fourth-order valence-electron chi connectivity index (χ4n) is 0. The second-order valence-corrected chi connectivity index (χ2v) is 0.316. The summed E-state index contributed by atoms with van der Waals surface area (Å²) in [6.07, 6.45) is 0. The Labute approximate surface area is 43.5 Å². The standard InChI is InChI=1S/C2H6O.Sb/c1-2-3;/h3H,2H2,1H3;. The van der Waals surface area contributed by atoms with Crippen molar-refractivity contribution in [1.82, 2.24) is 0 Å². The summed E-state index contributed by atoms with van der Waals surface area (Å²) in [5.74, 6) is 0. The van der Waals surface area contributed by atoms with Crippen molar-refractivity contribution in [3.05, 3.63) is 0 Å². The van der Waals surface area contributed by atoms with E-state index in [1.807, 2.05) is 0 Å². The van der Waals surface area contributed by atoms with E-state index in [1.165, 1.54) is 0 Å². The number of hydrogen-bond donors (Lipinski definition) is 1. The molecule has 4 heavy (non-hydrogen) atoms. The van der Waals surface area contributed by atoms with E-state index in [0.29, 0.717) is 0 Å². The fraction of sp³-hybridized carbons (Fsp3) is 1.00. The minimum absolute atomic E-state index is 0. The molecule has 0 aliphatic heterocycles. The maximum Gasteiger partial charge on any atom is 0.0402 e. The zero-order valence-corrected chi connectivity index (χ0v) is 5.15. The van der Waals surface area contributed by atoms with Gasteiger partial charge in [0, 0.05) is 31.0 Å². The average Bonchev–Trinajstić information content (AvgIpc) is 0.918. The molecule has 0 aromatic rings. The maximum atomic E-state index is 7.57. The van der Waals surface area contributed by atoms with Crippen molar-refractivity contribution in [2.45, 2.75) is 6.92 Å². The molecule has 3 radical (unpaired) electrons. The van der Waals surface area contributed by atoms with Gasteiger partial charge in [-0.05, 0) is 6.92 Å². The van der Waals surface area contributed by atoms with Crippen LogP contribution in [0.5, 0.6) is 0 Å². The summed E-state index contributed by atoms with van der Waals surface area (Å²) < 4.78 is 0. The zero-order valence-electron chi connectivity index (χ0n) is 2.60. The van der Waals surface area contributed by atoms with Crippen molar-refractivity contribution in [2.75, 3.05) is 6.61 Å². The van der Waals surface area contributed by atoms with Gasteiger partial charge in [0.2, 0.25) is 0 Å². The minimum atomic E-state index is 0. The van der Waals surface area contributed by atoms with E-state index >= 15 is 0 Å². The molecule has 0 saturated carbocycles. The summed E-state index contributed by atoms with van der Waals surface area (Å²) in [7, 11) is 0. The van der Waals surface area contributed by atoms with Gasteiger partial charge in [0.15, 0.2) is 0 Å². The molecule has 0 aliphatic rings. The zero-order chi connectivity index (χ0) is 2.71. The number of rotatable bonds is 0. The summed E-state index contributed by atoms with van der Waals surface area (Å²) in [4.78, 5) is 0. The van der Waals surface area contributed by atoms with Gasteiger partial charge in [-0.1, -0.05) is 0 Å². The minimum Gasteiger partial charge on any atom is -0.397 e. The van der Waals surface area contributed by atoms with E-state index in [2.05, 4.69) is 0 Å². The summed E-state index contributed by atoms with van der Waals surface area (Å²) >= 11 is 0. The Hall–Kier alpha value is 0.778. The molecule has 0 amide bonds. The second kappa shape index (κ2) is 9.22. The van der Waals surface area contributed by atoms with Gasteiger partial charge < -0.3 is 5.11 Å². The molecule has 0 aromatic carbocycles. The van der Waals surface area contributed by atoms with Crippen molar-refractivity contribution < 1.29 is 5.11 Å². The van der Waals surface area contributed by atoms with Crippen LogP contribution in [0.1, 0.15) is 6.92 Å². The molecular weight excluding hydrogens is 162 g/mol. The van der Waals surface area contributed by atoms with Gasteiger partial charge in [-0.2, -0.15) is 0 Å². The number of hydrogen-bond acceptors (Lipinski definition) is 1. The first-order chi connectivity index (χ1) is 1.41. The largest absolute Gasteiger partial charge is 0.397 e. The van der Waals surface area contributed by atoms with Crippen molar-refractivity contribution in [3.63, 3.8) is 0 Å². The molecule has 0 aromatic heterocycles. The van der Waals surface area contributed by atoms with Crippen molar-refractivity contribution >= 4 is 24.4 Å². The quantitative estimate of drug-likeness (QED) is 0.488. The van der Waals surface area contributed by atoms with Crippen LogP contribution in [0, 0.1) is 0 Å². The van der Waals surface area contributed by atoms with Gasteiger partial charge in [0.1, 0.15) is 0 Å². The Morgan fingerprint density at radius 2 is 1.75 bits per heavy atom. The van der Waals surface area contributed by atoms with Crippen molar-refractivity contribution in [1.29, 1.82) is 0 Å². The third-order valence-electron chi connectivity index (χ3n) is 0. The molecule has 25 valence electrons. The predicted octanol–water partition coefficient (Wildman–Crippen LogP) is -0.382. The molecule has 0 heterocycles. The molecule has 1 nitrogen and oxygen atoms in total. The number of aliphatic hydroxyl groups is 1. The Balaban J connectivity index is 0. The van der Waals surface area contributed by atoms with Gasteiger partial charge in [0.25, 0.3) is 0 Å². The first-order valence-corrected chi connectivity index (χ1v) is 1.02. The summed E-state index contributed by atoms with van der Waals surface area (Å²) in [5.41, 5.74) is 0. The molecule has 2 heteroatoms. The van der Waals surface area contributed by atoms with E-state index in [9.17, 15) is 0 Å². The molecule has 0 fully saturated rings. The van der Waals surface area contributed by atoms with Crippen LogP contribution in [0.4, 0.5) is 0 Å². The molecule has 0 bridgehead atoms. The fourth-order valence-corrected chi connectivity index (χ4v) is 0. The van der Waals surface area contributed by atoms with E-state index in [1.54, 1.807) is 6.92 Å². The van der Waals surface area contributed by atoms with Crippen LogP contribution in [0.3, 0.4) is 0 Å².